The second-order valence-corrected chi connectivity index (χ2v) is 10.5. The Morgan fingerprint density at radius 2 is 1.40 bits per heavy atom. The van der Waals surface area contributed by atoms with Gasteiger partial charge in [-0.25, -0.2) is 0 Å². The van der Waals surface area contributed by atoms with Crippen LogP contribution in [0.5, 0.6) is 0 Å². The first-order valence-corrected chi connectivity index (χ1v) is 11.5. The van der Waals surface area contributed by atoms with Crippen LogP contribution in [0.2, 0.25) is 0 Å². The van der Waals surface area contributed by atoms with E-state index in [0.717, 1.165) is 35.5 Å². The molecule has 4 aliphatic carbocycles. The van der Waals surface area contributed by atoms with Crippen LogP contribution in [0.3, 0.4) is 0 Å². The molecule has 4 fully saturated rings. The molecular formula is C25H44. The molecule has 0 aromatic carbocycles. The van der Waals surface area contributed by atoms with Crippen molar-refractivity contribution < 1.29 is 0 Å². The molecule has 0 nitrogen and oxygen atoms in total. The molecule has 4 saturated carbocycles. The summed E-state index contributed by atoms with van der Waals surface area (Å²) in [6.07, 6.45) is 16.9. The van der Waals surface area contributed by atoms with Crippen LogP contribution in [0, 0.1) is 46.3 Å². The third kappa shape index (κ3) is 2.94. The van der Waals surface area contributed by atoms with Crippen LogP contribution in [0.1, 0.15) is 98.3 Å². The zero-order valence-electron chi connectivity index (χ0n) is 17.7. The normalized spacial score (nSPS) is 49.8. The van der Waals surface area contributed by atoms with E-state index in [4.69, 9.17) is 0 Å². The summed E-state index contributed by atoms with van der Waals surface area (Å²) < 4.78 is 0. The van der Waals surface area contributed by atoms with Crippen molar-refractivity contribution in [1.82, 2.24) is 0 Å². The van der Waals surface area contributed by atoms with Gasteiger partial charge in [0.25, 0.3) is 0 Å². The maximum atomic E-state index is 3.00. The van der Waals surface area contributed by atoms with Gasteiger partial charge in [-0.15, -0.1) is 13.2 Å². The molecule has 0 bridgehead atoms. The standard InChI is InChI=1S/C23H40.C2H4/c1-5-16(2)18-12-13-21-20-11-10-17-8-6-7-9-19(17)23(20,4)15-14-22(18,21)3;1-2/h16-21H,5-15H2,1-4H3;1-2H2. The zero-order chi connectivity index (χ0) is 18.2. The van der Waals surface area contributed by atoms with Gasteiger partial charge < -0.3 is 0 Å². The van der Waals surface area contributed by atoms with E-state index in [1.54, 1.807) is 44.9 Å². The summed E-state index contributed by atoms with van der Waals surface area (Å²) >= 11 is 0. The van der Waals surface area contributed by atoms with Crippen LogP contribution in [-0.2, 0) is 0 Å². The van der Waals surface area contributed by atoms with E-state index in [1.807, 2.05) is 0 Å². The van der Waals surface area contributed by atoms with E-state index < -0.39 is 0 Å². The SMILES string of the molecule is C=C.CCC(C)C1CCC2C3CCC4CCCCC4C3(C)CCC12C. The Morgan fingerprint density at radius 3 is 2.12 bits per heavy atom. The number of fused-ring (bicyclic) bond motifs is 5. The molecule has 0 N–H and O–H groups in total. The lowest BCUT2D eigenvalue weighted by atomic mass is 9.43. The molecule has 8 unspecified atom stereocenters. The molecule has 25 heavy (non-hydrogen) atoms. The molecule has 4 aliphatic rings. The first kappa shape index (κ1) is 19.5. The third-order valence-corrected chi connectivity index (χ3v) is 9.95. The second kappa shape index (κ2) is 7.40. The van der Waals surface area contributed by atoms with Gasteiger partial charge >= 0.3 is 0 Å². The zero-order valence-corrected chi connectivity index (χ0v) is 17.7. The fraction of sp³-hybridized carbons (Fsp3) is 0.920. The van der Waals surface area contributed by atoms with E-state index in [0.29, 0.717) is 10.8 Å². The van der Waals surface area contributed by atoms with Gasteiger partial charge in [-0.3, -0.25) is 0 Å². The average Bonchev–Trinajstić information content (AvgIpc) is 3.00. The van der Waals surface area contributed by atoms with Gasteiger partial charge in [-0.2, -0.15) is 0 Å². The van der Waals surface area contributed by atoms with Crippen molar-refractivity contribution in [3.05, 3.63) is 13.2 Å². The van der Waals surface area contributed by atoms with Crippen LogP contribution >= 0.6 is 0 Å². The minimum absolute atomic E-state index is 0.682. The Bertz CT molecular complexity index is 453. The van der Waals surface area contributed by atoms with Gasteiger partial charge in [0.05, 0.1) is 0 Å². The van der Waals surface area contributed by atoms with Crippen LogP contribution in [-0.4, -0.2) is 0 Å². The monoisotopic (exact) mass is 344 g/mol. The van der Waals surface area contributed by atoms with Gasteiger partial charge in [-0.1, -0.05) is 53.4 Å². The molecule has 8 atom stereocenters. The molecule has 4 rings (SSSR count). The highest BCUT2D eigenvalue weighted by atomic mass is 14.7. The van der Waals surface area contributed by atoms with Crippen molar-refractivity contribution in [1.29, 1.82) is 0 Å². The molecule has 0 amide bonds. The van der Waals surface area contributed by atoms with E-state index in [-0.39, 0.29) is 0 Å². The highest BCUT2D eigenvalue weighted by Crippen LogP contribution is 2.69. The Hall–Kier alpha value is -0.260. The Balaban J connectivity index is 0.000000880. The molecule has 0 spiro atoms. The largest absolute Gasteiger partial charge is 0.106 e. The fourth-order valence-corrected chi connectivity index (χ4v) is 8.53. The number of rotatable bonds is 2. The Morgan fingerprint density at radius 1 is 0.800 bits per heavy atom. The summed E-state index contributed by atoms with van der Waals surface area (Å²) in [4.78, 5) is 0. The maximum Gasteiger partial charge on any atom is -0.0264 e. The predicted molar refractivity (Wildman–Crippen MR) is 111 cm³/mol. The summed E-state index contributed by atoms with van der Waals surface area (Å²) in [5, 5.41) is 0. The van der Waals surface area contributed by atoms with Crippen LogP contribution < -0.4 is 0 Å². The van der Waals surface area contributed by atoms with E-state index >= 15 is 0 Å². The molecule has 144 valence electrons. The maximum absolute atomic E-state index is 3.00. The number of hydrogen-bond acceptors (Lipinski definition) is 0. The Kier molecular flexibility index (Phi) is 5.77. The molecule has 0 heteroatoms. The lowest BCUT2D eigenvalue weighted by molar-refractivity contribution is -0.127. The summed E-state index contributed by atoms with van der Waals surface area (Å²) in [6.45, 7) is 16.4. The minimum Gasteiger partial charge on any atom is -0.106 e. The summed E-state index contributed by atoms with van der Waals surface area (Å²) in [5.74, 6) is 6.27. The first-order valence-electron chi connectivity index (χ1n) is 11.5. The lowest BCUT2D eigenvalue weighted by Crippen LogP contribution is -2.54. The van der Waals surface area contributed by atoms with Gasteiger partial charge in [-0.05, 0) is 91.3 Å². The van der Waals surface area contributed by atoms with Gasteiger partial charge in [0, 0.05) is 0 Å². The average molecular weight is 345 g/mol. The van der Waals surface area contributed by atoms with Gasteiger partial charge in [0.1, 0.15) is 0 Å². The third-order valence-electron chi connectivity index (χ3n) is 9.95. The first-order chi connectivity index (χ1) is 12.0. The van der Waals surface area contributed by atoms with Gasteiger partial charge in [0.15, 0.2) is 0 Å². The van der Waals surface area contributed by atoms with E-state index in [1.165, 1.54) is 25.7 Å². The van der Waals surface area contributed by atoms with Crippen molar-refractivity contribution in [3.63, 3.8) is 0 Å². The lowest BCUT2D eigenvalue weighted by Gasteiger charge is -2.62. The van der Waals surface area contributed by atoms with Crippen molar-refractivity contribution in [2.75, 3.05) is 0 Å². The highest BCUT2D eigenvalue weighted by molar-refractivity contribution is 5.10. The van der Waals surface area contributed by atoms with Crippen molar-refractivity contribution >= 4 is 0 Å². The van der Waals surface area contributed by atoms with Crippen LogP contribution in [0.4, 0.5) is 0 Å². The quantitative estimate of drug-likeness (QED) is 0.447. The molecule has 0 saturated heterocycles. The Labute approximate surface area is 158 Å². The van der Waals surface area contributed by atoms with E-state index in [9.17, 15) is 0 Å². The predicted octanol–water partition coefficient (Wildman–Crippen LogP) is 7.88. The number of hydrogen-bond donors (Lipinski definition) is 0. The van der Waals surface area contributed by atoms with Crippen LogP contribution in [0.25, 0.3) is 0 Å². The van der Waals surface area contributed by atoms with E-state index in [2.05, 4.69) is 40.9 Å². The summed E-state index contributed by atoms with van der Waals surface area (Å²) in [6, 6.07) is 0. The molecule has 0 heterocycles. The summed E-state index contributed by atoms with van der Waals surface area (Å²) in [7, 11) is 0. The molecule has 0 radical (unpaired) electrons. The molecule has 0 aromatic heterocycles. The topological polar surface area (TPSA) is 0 Å². The minimum atomic E-state index is 0.682. The van der Waals surface area contributed by atoms with Crippen molar-refractivity contribution in [3.8, 4) is 0 Å². The second-order valence-electron chi connectivity index (χ2n) is 10.5. The van der Waals surface area contributed by atoms with Crippen molar-refractivity contribution in [2.24, 2.45) is 46.3 Å². The fourth-order valence-electron chi connectivity index (χ4n) is 8.53. The molecule has 0 aromatic rings. The highest BCUT2D eigenvalue weighted by Gasteiger charge is 2.61. The van der Waals surface area contributed by atoms with Gasteiger partial charge in [0.2, 0.25) is 0 Å². The van der Waals surface area contributed by atoms with Crippen LogP contribution in [0.15, 0.2) is 13.2 Å². The molecule has 0 aliphatic heterocycles. The smallest absolute Gasteiger partial charge is 0.0264 e. The summed E-state index contributed by atoms with van der Waals surface area (Å²) in [5.41, 5.74) is 1.39. The molecular weight excluding hydrogens is 300 g/mol. The van der Waals surface area contributed by atoms with Crippen molar-refractivity contribution in [2.45, 2.75) is 98.3 Å².